The van der Waals surface area contributed by atoms with Crippen molar-refractivity contribution in [3.05, 3.63) is 29.3 Å². The molecular weight excluding hydrogens is 228 g/mol. The molecule has 1 aromatic rings. The van der Waals surface area contributed by atoms with E-state index in [4.69, 9.17) is 5.73 Å². The fraction of sp³-hybridized carbons (Fsp3) is 0.500. The van der Waals surface area contributed by atoms with Gasteiger partial charge in [-0.25, -0.2) is 0 Å². The summed E-state index contributed by atoms with van der Waals surface area (Å²) in [4.78, 5) is 12.0. The molecule has 0 spiro atoms. The second-order valence-corrected chi connectivity index (χ2v) is 5.05. The van der Waals surface area contributed by atoms with Gasteiger partial charge in [-0.1, -0.05) is 0 Å². The van der Waals surface area contributed by atoms with Crippen molar-refractivity contribution in [3.8, 4) is 0 Å². The first kappa shape index (κ1) is 12.9. The number of nitrogen functional groups attached to an aromatic ring is 1. The predicted molar refractivity (Wildman–Crippen MR) is 71.3 cm³/mol. The zero-order valence-corrected chi connectivity index (χ0v) is 10.6. The molecule has 1 saturated carbocycles. The molecule has 1 fully saturated rings. The van der Waals surface area contributed by atoms with Gasteiger partial charge >= 0.3 is 0 Å². The Balaban J connectivity index is 1.97. The average Bonchev–Trinajstić information content (AvgIpc) is 2.35. The minimum absolute atomic E-state index is 0.0560. The molecule has 1 aliphatic carbocycles. The van der Waals surface area contributed by atoms with Crippen LogP contribution >= 0.6 is 0 Å². The van der Waals surface area contributed by atoms with Crippen molar-refractivity contribution >= 4 is 11.6 Å². The van der Waals surface area contributed by atoms with Gasteiger partial charge in [0.15, 0.2) is 0 Å². The Morgan fingerprint density at radius 2 is 2.00 bits per heavy atom. The van der Waals surface area contributed by atoms with E-state index in [9.17, 15) is 9.90 Å². The molecule has 0 atom stereocenters. The number of rotatable bonds is 2. The van der Waals surface area contributed by atoms with Gasteiger partial charge in [-0.05, 0) is 56.4 Å². The number of anilines is 1. The summed E-state index contributed by atoms with van der Waals surface area (Å²) in [5, 5.41) is 12.4. The Morgan fingerprint density at radius 3 is 2.61 bits per heavy atom. The Kier molecular flexibility index (Phi) is 3.87. The summed E-state index contributed by atoms with van der Waals surface area (Å²) in [6.07, 6.45) is 3.04. The smallest absolute Gasteiger partial charge is 0.251 e. The van der Waals surface area contributed by atoms with Gasteiger partial charge < -0.3 is 16.2 Å². The fourth-order valence-corrected chi connectivity index (χ4v) is 2.31. The maximum absolute atomic E-state index is 12.0. The monoisotopic (exact) mass is 248 g/mol. The Labute approximate surface area is 107 Å². The van der Waals surface area contributed by atoms with Gasteiger partial charge in [-0.2, -0.15) is 0 Å². The van der Waals surface area contributed by atoms with Crippen LogP contribution in [0.1, 0.15) is 41.6 Å². The van der Waals surface area contributed by atoms with E-state index in [1.807, 2.05) is 13.0 Å². The predicted octanol–water partition coefficient (Wildman–Crippen LogP) is 1.61. The van der Waals surface area contributed by atoms with Gasteiger partial charge in [0.2, 0.25) is 0 Å². The van der Waals surface area contributed by atoms with Crippen LogP contribution in [0.3, 0.4) is 0 Å². The van der Waals surface area contributed by atoms with Crippen LogP contribution < -0.4 is 11.1 Å². The standard InChI is InChI=1S/C14H20N2O2/c1-9-8-10(2-7-13(9)15)14(18)16-11-3-5-12(17)6-4-11/h2,7-8,11-12,17H,3-6,15H2,1H3,(H,16,18). The quantitative estimate of drug-likeness (QED) is 0.696. The van der Waals surface area contributed by atoms with E-state index in [1.165, 1.54) is 0 Å². The third kappa shape index (κ3) is 3.01. The van der Waals surface area contributed by atoms with Gasteiger partial charge in [0.25, 0.3) is 5.91 Å². The molecule has 1 amide bonds. The molecule has 0 aromatic heterocycles. The number of amides is 1. The van der Waals surface area contributed by atoms with E-state index >= 15 is 0 Å². The van der Waals surface area contributed by atoms with Crippen molar-refractivity contribution in [2.24, 2.45) is 0 Å². The second kappa shape index (κ2) is 5.40. The van der Waals surface area contributed by atoms with Gasteiger partial charge in [0.1, 0.15) is 0 Å². The van der Waals surface area contributed by atoms with Crippen molar-refractivity contribution in [1.82, 2.24) is 5.32 Å². The maximum atomic E-state index is 12.0. The van der Waals surface area contributed by atoms with Crippen molar-refractivity contribution in [2.45, 2.75) is 44.8 Å². The largest absolute Gasteiger partial charge is 0.399 e. The highest BCUT2D eigenvalue weighted by atomic mass is 16.3. The maximum Gasteiger partial charge on any atom is 0.251 e. The second-order valence-electron chi connectivity index (χ2n) is 5.05. The first-order valence-corrected chi connectivity index (χ1v) is 6.41. The summed E-state index contributed by atoms with van der Waals surface area (Å²) in [6.45, 7) is 1.89. The van der Waals surface area contributed by atoms with Crippen LogP contribution in [0.25, 0.3) is 0 Å². The van der Waals surface area contributed by atoms with Gasteiger partial charge in [0.05, 0.1) is 6.10 Å². The lowest BCUT2D eigenvalue weighted by molar-refractivity contribution is 0.0867. The van der Waals surface area contributed by atoms with Crippen LogP contribution in [0, 0.1) is 6.92 Å². The SMILES string of the molecule is Cc1cc(C(=O)NC2CCC(O)CC2)ccc1N. The van der Waals surface area contributed by atoms with Crippen LogP contribution in [0.2, 0.25) is 0 Å². The first-order chi connectivity index (χ1) is 8.56. The minimum Gasteiger partial charge on any atom is -0.399 e. The van der Waals surface area contributed by atoms with Crippen LogP contribution in [-0.4, -0.2) is 23.2 Å². The Morgan fingerprint density at radius 1 is 1.33 bits per heavy atom. The van der Waals surface area contributed by atoms with E-state index < -0.39 is 0 Å². The van der Waals surface area contributed by atoms with Crippen LogP contribution in [-0.2, 0) is 0 Å². The molecule has 0 aliphatic heterocycles. The summed E-state index contributed by atoms with van der Waals surface area (Å²) >= 11 is 0. The molecule has 0 unspecified atom stereocenters. The number of aliphatic hydroxyl groups is 1. The molecule has 4 N–H and O–H groups in total. The topological polar surface area (TPSA) is 75.3 Å². The number of aryl methyl sites for hydroxylation is 1. The molecule has 0 saturated heterocycles. The number of nitrogens with one attached hydrogen (secondary N) is 1. The molecule has 1 aromatic carbocycles. The highest BCUT2D eigenvalue weighted by molar-refractivity contribution is 5.95. The van der Waals surface area contributed by atoms with Crippen LogP contribution in [0.15, 0.2) is 18.2 Å². The third-order valence-corrected chi connectivity index (χ3v) is 3.56. The van der Waals surface area contributed by atoms with E-state index in [0.29, 0.717) is 11.3 Å². The molecule has 4 nitrogen and oxygen atoms in total. The lowest BCUT2D eigenvalue weighted by Crippen LogP contribution is -2.38. The van der Waals surface area contributed by atoms with Crippen molar-refractivity contribution in [3.63, 3.8) is 0 Å². The molecule has 18 heavy (non-hydrogen) atoms. The first-order valence-electron chi connectivity index (χ1n) is 6.41. The van der Waals surface area contributed by atoms with Crippen molar-refractivity contribution in [1.29, 1.82) is 0 Å². The Bertz CT molecular complexity index is 437. The van der Waals surface area contributed by atoms with E-state index in [-0.39, 0.29) is 18.1 Å². The number of benzene rings is 1. The number of aliphatic hydroxyl groups excluding tert-OH is 1. The zero-order valence-electron chi connectivity index (χ0n) is 10.6. The summed E-state index contributed by atoms with van der Waals surface area (Å²) in [5.41, 5.74) is 7.99. The fourth-order valence-electron chi connectivity index (χ4n) is 2.31. The number of hydrogen-bond donors (Lipinski definition) is 3. The highest BCUT2D eigenvalue weighted by Gasteiger charge is 2.21. The van der Waals surface area contributed by atoms with E-state index in [1.54, 1.807) is 12.1 Å². The van der Waals surface area contributed by atoms with Crippen molar-refractivity contribution < 1.29 is 9.90 Å². The minimum atomic E-state index is -0.197. The Hall–Kier alpha value is -1.55. The van der Waals surface area contributed by atoms with Gasteiger partial charge in [-0.15, -0.1) is 0 Å². The van der Waals surface area contributed by atoms with E-state index in [0.717, 1.165) is 31.2 Å². The van der Waals surface area contributed by atoms with Crippen LogP contribution in [0.4, 0.5) is 5.69 Å². The molecule has 98 valence electrons. The van der Waals surface area contributed by atoms with Crippen molar-refractivity contribution in [2.75, 3.05) is 5.73 Å². The summed E-state index contributed by atoms with van der Waals surface area (Å²) in [7, 11) is 0. The molecule has 4 heteroatoms. The molecule has 2 rings (SSSR count). The lowest BCUT2D eigenvalue weighted by atomic mass is 9.93. The van der Waals surface area contributed by atoms with E-state index in [2.05, 4.69) is 5.32 Å². The molecule has 1 aliphatic rings. The number of hydrogen-bond acceptors (Lipinski definition) is 3. The lowest BCUT2D eigenvalue weighted by Gasteiger charge is -2.26. The number of carbonyl (C=O) groups excluding carboxylic acids is 1. The number of carbonyl (C=O) groups is 1. The number of nitrogens with two attached hydrogens (primary N) is 1. The normalized spacial score (nSPS) is 23.7. The van der Waals surface area contributed by atoms with Gasteiger partial charge in [0, 0.05) is 17.3 Å². The molecule has 0 bridgehead atoms. The highest BCUT2D eigenvalue weighted by Crippen LogP contribution is 2.19. The molecule has 0 heterocycles. The molecular formula is C14H20N2O2. The summed E-state index contributed by atoms with van der Waals surface area (Å²) < 4.78 is 0. The summed E-state index contributed by atoms with van der Waals surface area (Å²) in [6, 6.07) is 5.49. The zero-order chi connectivity index (χ0) is 13.1. The summed E-state index contributed by atoms with van der Waals surface area (Å²) in [5.74, 6) is -0.0560. The van der Waals surface area contributed by atoms with Crippen LogP contribution in [0.5, 0.6) is 0 Å². The third-order valence-electron chi connectivity index (χ3n) is 3.56. The average molecular weight is 248 g/mol. The van der Waals surface area contributed by atoms with Gasteiger partial charge in [-0.3, -0.25) is 4.79 Å². The molecule has 0 radical (unpaired) electrons.